The average molecular weight is 271 g/mol. The Morgan fingerprint density at radius 3 is 2.40 bits per heavy atom. The largest absolute Gasteiger partial charge is 0.495 e. The van der Waals surface area contributed by atoms with Gasteiger partial charge in [0.25, 0.3) is 0 Å². The second-order valence-corrected chi connectivity index (χ2v) is 4.81. The van der Waals surface area contributed by atoms with Crippen molar-refractivity contribution in [1.29, 1.82) is 0 Å². The lowest BCUT2D eigenvalue weighted by Gasteiger charge is -2.23. The SMILES string of the molecule is COc1ccccc1N(C)CCC(O)c1ccccc1. The first-order valence-electron chi connectivity index (χ1n) is 6.79. The van der Waals surface area contributed by atoms with E-state index in [0.29, 0.717) is 6.42 Å². The van der Waals surface area contributed by atoms with Crippen LogP contribution in [0.4, 0.5) is 5.69 Å². The third kappa shape index (κ3) is 3.52. The first-order chi connectivity index (χ1) is 9.72. The van der Waals surface area contributed by atoms with E-state index in [1.165, 1.54) is 0 Å². The molecular formula is C17H21NO2. The first kappa shape index (κ1) is 14.4. The zero-order valence-corrected chi connectivity index (χ0v) is 12.0. The zero-order valence-electron chi connectivity index (χ0n) is 12.0. The smallest absolute Gasteiger partial charge is 0.142 e. The fourth-order valence-corrected chi connectivity index (χ4v) is 2.22. The molecule has 1 N–H and O–H groups in total. The van der Waals surface area contributed by atoms with Gasteiger partial charge in [-0.25, -0.2) is 0 Å². The van der Waals surface area contributed by atoms with Gasteiger partial charge in [-0.15, -0.1) is 0 Å². The Morgan fingerprint density at radius 2 is 1.70 bits per heavy atom. The Hall–Kier alpha value is -2.00. The van der Waals surface area contributed by atoms with Crippen LogP contribution in [0.2, 0.25) is 0 Å². The summed E-state index contributed by atoms with van der Waals surface area (Å²) in [5.74, 6) is 0.851. The van der Waals surface area contributed by atoms with Gasteiger partial charge in [-0.05, 0) is 24.1 Å². The summed E-state index contributed by atoms with van der Waals surface area (Å²) in [5.41, 5.74) is 2.00. The lowest BCUT2D eigenvalue weighted by molar-refractivity contribution is 0.170. The van der Waals surface area contributed by atoms with E-state index in [4.69, 9.17) is 4.74 Å². The van der Waals surface area contributed by atoms with E-state index >= 15 is 0 Å². The summed E-state index contributed by atoms with van der Waals surface area (Å²) >= 11 is 0. The maximum absolute atomic E-state index is 10.2. The van der Waals surface area contributed by atoms with Crippen molar-refractivity contribution in [2.75, 3.05) is 25.6 Å². The molecule has 0 aromatic heterocycles. The molecule has 3 nitrogen and oxygen atoms in total. The molecule has 0 amide bonds. The molecule has 0 radical (unpaired) electrons. The van der Waals surface area contributed by atoms with Crippen LogP contribution in [0.15, 0.2) is 54.6 Å². The van der Waals surface area contributed by atoms with E-state index in [-0.39, 0.29) is 0 Å². The van der Waals surface area contributed by atoms with Gasteiger partial charge in [-0.1, -0.05) is 42.5 Å². The molecule has 2 rings (SSSR count). The molecule has 1 atom stereocenters. The molecule has 0 bridgehead atoms. The van der Waals surface area contributed by atoms with Crippen LogP contribution >= 0.6 is 0 Å². The third-order valence-corrected chi connectivity index (χ3v) is 3.42. The number of methoxy groups -OCH3 is 1. The highest BCUT2D eigenvalue weighted by Gasteiger charge is 2.11. The lowest BCUT2D eigenvalue weighted by Crippen LogP contribution is -2.21. The molecule has 0 spiro atoms. The van der Waals surface area contributed by atoms with Crippen molar-refractivity contribution < 1.29 is 9.84 Å². The van der Waals surface area contributed by atoms with Gasteiger partial charge in [0.1, 0.15) is 5.75 Å². The van der Waals surface area contributed by atoms with E-state index in [1.807, 2.05) is 61.6 Å². The third-order valence-electron chi connectivity index (χ3n) is 3.42. The van der Waals surface area contributed by atoms with Crippen molar-refractivity contribution in [3.63, 3.8) is 0 Å². The van der Waals surface area contributed by atoms with E-state index in [9.17, 15) is 5.11 Å². The van der Waals surface area contributed by atoms with Crippen molar-refractivity contribution >= 4 is 5.69 Å². The Bertz CT molecular complexity index is 528. The van der Waals surface area contributed by atoms with Gasteiger partial charge in [-0.3, -0.25) is 0 Å². The second kappa shape index (κ2) is 6.96. The Balaban J connectivity index is 1.97. The topological polar surface area (TPSA) is 32.7 Å². The van der Waals surface area contributed by atoms with Gasteiger partial charge in [0.2, 0.25) is 0 Å². The summed E-state index contributed by atoms with van der Waals surface area (Å²) in [7, 11) is 3.68. The normalized spacial score (nSPS) is 11.9. The van der Waals surface area contributed by atoms with Crippen LogP contribution in [0.1, 0.15) is 18.1 Å². The van der Waals surface area contributed by atoms with E-state index in [0.717, 1.165) is 23.5 Å². The number of para-hydroxylation sites is 2. The van der Waals surface area contributed by atoms with Crippen molar-refractivity contribution in [3.05, 3.63) is 60.2 Å². The summed E-state index contributed by atoms with van der Waals surface area (Å²) in [6.45, 7) is 0.760. The number of hydrogen-bond acceptors (Lipinski definition) is 3. The summed E-state index contributed by atoms with van der Waals surface area (Å²) in [6.07, 6.45) is 0.242. The van der Waals surface area contributed by atoms with E-state index in [2.05, 4.69) is 4.90 Å². The van der Waals surface area contributed by atoms with Crippen LogP contribution in [-0.2, 0) is 0 Å². The number of benzene rings is 2. The number of aliphatic hydroxyl groups excluding tert-OH is 1. The van der Waals surface area contributed by atoms with Crippen LogP contribution < -0.4 is 9.64 Å². The number of hydrogen-bond donors (Lipinski definition) is 1. The first-order valence-corrected chi connectivity index (χ1v) is 6.79. The Kier molecular flexibility index (Phi) is 5.02. The predicted molar refractivity (Wildman–Crippen MR) is 82.3 cm³/mol. The zero-order chi connectivity index (χ0) is 14.4. The molecule has 0 aliphatic carbocycles. The molecular weight excluding hydrogens is 250 g/mol. The van der Waals surface area contributed by atoms with Crippen LogP contribution in [0, 0.1) is 0 Å². The highest BCUT2D eigenvalue weighted by atomic mass is 16.5. The summed E-state index contributed by atoms with van der Waals surface area (Å²) < 4.78 is 5.35. The minimum Gasteiger partial charge on any atom is -0.495 e. The molecule has 0 saturated carbocycles. The molecule has 2 aromatic rings. The lowest BCUT2D eigenvalue weighted by atomic mass is 10.1. The second-order valence-electron chi connectivity index (χ2n) is 4.81. The van der Waals surface area contributed by atoms with Crippen LogP contribution in [0.3, 0.4) is 0 Å². The van der Waals surface area contributed by atoms with Crippen LogP contribution in [0.5, 0.6) is 5.75 Å². The van der Waals surface area contributed by atoms with E-state index in [1.54, 1.807) is 7.11 Å². The van der Waals surface area contributed by atoms with Gasteiger partial charge in [0, 0.05) is 13.6 Å². The van der Waals surface area contributed by atoms with Crippen LogP contribution in [-0.4, -0.2) is 25.8 Å². The highest BCUT2D eigenvalue weighted by molar-refractivity contribution is 5.57. The van der Waals surface area contributed by atoms with E-state index < -0.39 is 6.10 Å². The summed E-state index contributed by atoms with van der Waals surface area (Å²) in [6, 6.07) is 17.7. The molecule has 3 heteroatoms. The van der Waals surface area contributed by atoms with Crippen molar-refractivity contribution in [3.8, 4) is 5.75 Å². The standard InChI is InChI=1S/C17H21NO2/c1-18(15-10-6-7-11-17(15)20-2)13-12-16(19)14-8-4-3-5-9-14/h3-11,16,19H,12-13H2,1-2H3. The number of nitrogens with zero attached hydrogens (tertiary/aromatic N) is 1. The number of anilines is 1. The van der Waals surface area contributed by atoms with Crippen molar-refractivity contribution in [2.45, 2.75) is 12.5 Å². The molecule has 106 valence electrons. The van der Waals surface area contributed by atoms with Crippen LogP contribution in [0.25, 0.3) is 0 Å². The molecule has 0 fully saturated rings. The number of ether oxygens (including phenoxy) is 1. The van der Waals surface area contributed by atoms with Gasteiger partial charge in [0.05, 0.1) is 18.9 Å². The number of aliphatic hydroxyl groups is 1. The fourth-order valence-electron chi connectivity index (χ4n) is 2.22. The van der Waals surface area contributed by atoms with Gasteiger partial charge in [0.15, 0.2) is 0 Å². The molecule has 2 aromatic carbocycles. The molecule has 0 aliphatic heterocycles. The maximum atomic E-state index is 10.2. The molecule has 20 heavy (non-hydrogen) atoms. The predicted octanol–water partition coefficient (Wildman–Crippen LogP) is 3.26. The quantitative estimate of drug-likeness (QED) is 0.875. The Morgan fingerprint density at radius 1 is 1.05 bits per heavy atom. The summed E-state index contributed by atoms with van der Waals surface area (Å²) in [5, 5.41) is 10.2. The monoisotopic (exact) mass is 271 g/mol. The number of rotatable bonds is 6. The van der Waals surface area contributed by atoms with Gasteiger partial charge >= 0.3 is 0 Å². The summed E-state index contributed by atoms with van der Waals surface area (Å²) in [4.78, 5) is 2.10. The van der Waals surface area contributed by atoms with Gasteiger partial charge in [-0.2, -0.15) is 0 Å². The molecule has 1 unspecified atom stereocenters. The molecule has 0 heterocycles. The van der Waals surface area contributed by atoms with Crippen molar-refractivity contribution in [1.82, 2.24) is 0 Å². The van der Waals surface area contributed by atoms with Crippen molar-refractivity contribution in [2.24, 2.45) is 0 Å². The Labute approximate surface area is 120 Å². The fraction of sp³-hybridized carbons (Fsp3) is 0.294. The maximum Gasteiger partial charge on any atom is 0.142 e. The highest BCUT2D eigenvalue weighted by Crippen LogP contribution is 2.27. The minimum absolute atomic E-state index is 0.437. The molecule has 0 aliphatic rings. The molecule has 0 saturated heterocycles. The minimum atomic E-state index is -0.437. The van der Waals surface area contributed by atoms with Gasteiger partial charge < -0.3 is 14.7 Å². The average Bonchev–Trinajstić information content (AvgIpc) is 2.53.